The minimum atomic E-state index is -0.419. The van der Waals surface area contributed by atoms with Crippen LogP contribution in [0.5, 0.6) is 5.75 Å². The second kappa shape index (κ2) is 7.12. The Balaban J connectivity index is 1.57. The van der Waals surface area contributed by atoms with Gasteiger partial charge in [-0.25, -0.2) is 4.79 Å². The van der Waals surface area contributed by atoms with Crippen LogP contribution in [0.15, 0.2) is 24.3 Å². The third kappa shape index (κ3) is 3.48. The number of carbonyl (C=O) groups is 3. The zero-order valence-corrected chi connectivity index (χ0v) is 14.2. The maximum Gasteiger partial charge on any atom is 0.325 e. The number of ether oxygens (including phenoxy) is 1. The van der Waals surface area contributed by atoms with Crippen LogP contribution >= 0.6 is 11.8 Å². The van der Waals surface area contributed by atoms with Gasteiger partial charge in [0.15, 0.2) is 0 Å². The van der Waals surface area contributed by atoms with Gasteiger partial charge in [-0.15, -0.1) is 0 Å². The van der Waals surface area contributed by atoms with E-state index in [9.17, 15) is 14.4 Å². The van der Waals surface area contributed by atoms with Crippen molar-refractivity contribution in [1.29, 1.82) is 0 Å². The first kappa shape index (κ1) is 16.6. The highest BCUT2D eigenvalue weighted by molar-refractivity contribution is 8.14. The zero-order chi connectivity index (χ0) is 17.1. The number of nitrogens with one attached hydrogen (secondary N) is 1. The number of urea groups is 1. The lowest BCUT2D eigenvalue weighted by atomic mass is 10.2. The van der Waals surface area contributed by atoms with Crippen LogP contribution in [-0.4, -0.2) is 60.5 Å². The normalized spacial score (nSPS) is 20.6. The fourth-order valence-corrected chi connectivity index (χ4v) is 3.70. The Hall–Kier alpha value is -2.22. The van der Waals surface area contributed by atoms with Gasteiger partial charge in [-0.05, 0) is 30.7 Å². The molecular weight excluding hydrogens is 330 g/mol. The number of methoxy groups -OCH3 is 1. The number of benzene rings is 1. The van der Waals surface area contributed by atoms with E-state index in [1.165, 1.54) is 16.7 Å². The van der Waals surface area contributed by atoms with Gasteiger partial charge in [0.1, 0.15) is 12.3 Å². The Kier molecular flexibility index (Phi) is 4.94. The maximum absolute atomic E-state index is 12.5. The maximum atomic E-state index is 12.5. The molecular formula is C16H19N3O4S. The molecule has 2 fully saturated rings. The topological polar surface area (TPSA) is 79.0 Å². The van der Waals surface area contributed by atoms with Gasteiger partial charge >= 0.3 is 6.03 Å². The summed E-state index contributed by atoms with van der Waals surface area (Å²) in [6.45, 7) is 0.974. The lowest BCUT2D eigenvalue weighted by Crippen LogP contribution is -2.44. The summed E-state index contributed by atoms with van der Waals surface area (Å²) in [6.07, 6.45) is 0.654. The van der Waals surface area contributed by atoms with E-state index < -0.39 is 6.04 Å². The van der Waals surface area contributed by atoms with Crippen molar-refractivity contribution in [3.63, 3.8) is 0 Å². The predicted octanol–water partition coefficient (Wildman–Crippen LogP) is 1.09. The molecule has 2 aliphatic heterocycles. The molecule has 2 aliphatic rings. The molecule has 8 heteroatoms. The van der Waals surface area contributed by atoms with E-state index >= 15 is 0 Å². The van der Waals surface area contributed by atoms with Crippen LogP contribution in [0.4, 0.5) is 10.5 Å². The summed E-state index contributed by atoms with van der Waals surface area (Å²) < 4.78 is 5.11. The Labute approximate surface area is 144 Å². The lowest BCUT2D eigenvalue weighted by Gasteiger charge is -2.19. The summed E-state index contributed by atoms with van der Waals surface area (Å²) in [5.74, 6) is 1.17. The number of thioether (sulfide) groups is 1. The molecule has 1 aromatic rings. The summed E-state index contributed by atoms with van der Waals surface area (Å²) in [5.41, 5.74) is 0.770. The fourth-order valence-electron chi connectivity index (χ4n) is 2.77. The summed E-state index contributed by atoms with van der Waals surface area (Å²) in [5, 5.41) is 2.70. The molecule has 0 bridgehead atoms. The molecule has 3 rings (SSSR count). The Bertz CT molecular complexity index is 649. The van der Waals surface area contributed by atoms with Crippen LogP contribution < -0.4 is 15.0 Å². The summed E-state index contributed by atoms with van der Waals surface area (Å²) in [6, 6.07) is 6.59. The molecule has 7 nitrogen and oxygen atoms in total. The van der Waals surface area contributed by atoms with Gasteiger partial charge in [-0.1, -0.05) is 11.8 Å². The van der Waals surface area contributed by atoms with Gasteiger partial charge in [0.2, 0.25) is 11.0 Å². The van der Waals surface area contributed by atoms with Gasteiger partial charge in [-0.3, -0.25) is 14.5 Å². The summed E-state index contributed by atoms with van der Waals surface area (Å²) in [7, 11) is 1.59. The molecule has 24 heavy (non-hydrogen) atoms. The van der Waals surface area contributed by atoms with Crippen molar-refractivity contribution in [1.82, 2.24) is 10.2 Å². The molecule has 1 aromatic carbocycles. The molecule has 1 atom stereocenters. The molecule has 2 heterocycles. The largest absolute Gasteiger partial charge is 0.497 e. The minimum absolute atomic E-state index is 0.00374. The highest BCUT2D eigenvalue weighted by atomic mass is 32.2. The Morgan fingerprint density at radius 3 is 2.67 bits per heavy atom. The SMILES string of the molecule is COc1ccc(N2CCN(CC(=O)NC3CCSC3=O)C2=O)cc1. The minimum Gasteiger partial charge on any atom is -0.497 e. The second-order valence-electron chi connectivity index (χ2n) is 5.63. The van der Waals surface area contributed by atoms with Crippen molar-refractivity contribution < 1.29 is 19.1 Å². The average Bonchev–Trinajstić information content (AvgIpc) is 3.14. The van der Waals surface area contributed by atoms with E-state index in [-0.39, 0.29) is 23.6 Å². The molecule has 3 amide bonds. The van der Waals surface area contributed by atoms with Crippen LogP contribution in [0, 0.1) is 0 Å². The van der Waals surface area contributed by atoms with Crippen LogP contribution in [0.2, 0.25) is 0 Å². The quantitative estimate of drug-likeness (QED) is 0.861. The molecule has 1 unspecified atom stereocenters. The van der Waals surface area contributed by atoms with Gasteiger partial charge in [-0.2, -0.15) is 0 Å². The van der Waals surface area contributed by atoms with Crippen molar-refractivity contribution in [2.75, 3.05) is 37.4 Å². The second-order valence-corrected chi connectivity index (χ2v) is 6.73. The van der Waals surface area contributed by atoms with Crippen molar-refractivity contribution in [3.05, 3.63) is 24.3 Å². The number of hydrogen-bond donors (Lipinski definition) is 1. The van der Waals surface area contributed by atoms with E-state index in [0.717, 1.165) is 17.2 Å². The number of nitrogens with zero attached hydrogens (tertiary/aromatic N) is 2. The smallest absolute Gasteiger partial charge is 0.325 e. The van der Waals surface area contributed by atoms with Gasteiger partial charge in [0.05, 0.1) is 13.2 Å². The predicted molar refractivity (Wildman–Crippen MR) is 91.3 cm³/mol. The van der Waals surface area contributed by atoms with E-state index in [1.807, 2.05) is 12.1 Å². The third-order valence-electron chi connectivity index (χ3n) is 4.08. The third-order valence-corrected chi connectivity index (χ3v) is 5.09. The van der Waals surface area contributed by atoms with Crippen molar-refractivity contribution in [2.45, 2.75) is 12.5 Å². The zero-order valence-electron chi connectivity index (χ0n) is 13.4. The first-order chi connectivity index (χ1) is 11.6. The van der Waals surface area contributed by atoms with Crippen LogP contribution in [0.3, 0.4) is 0 Å². The molecule has 0 spiro atoms. The fraction of sp³-hybridized carbons (Fsp3) is 0.438. The Morgan fingerprint density at radius 1 is 1.29 bits per heavy atom. The van der Waals surface area contributed by atoms with Gasteiger partial charge in [0, 0.05) is 24.5 Å². The molecule has 0 aliphatic carbocycles. The molecule has 0 saturated carbocycles. The van der Waals surface area contributed by atoms with Crippen molar-refractivity contribution in [2.24, 2.45) is 0 Å². The van der Waals surface area contributed by atoms with Crippen LogP contribution in [0.1, 0.15) is 6.42 Å². The highest BCUT2D eigenvalue weighted by Gasteiger charge is 2.32. The molecule has 0 radical (unpaired) electrons. The summed E-state index contributed by atoms with van der Waals surface area (Å²) >= 11 is 1.24. The van der Waals surface area contributed by atoms with E-state index in [4.69, 9.17) is 4.74 Å². The summed E-state index contributed by atoms with van der Waals surface area (Å²) in [4.78, 5) is 39.2. The van der Waals surface area contributed by atoms with E-state index in [2.05, 4.69) is 5.32 Å². The number of amides is 3. The number of rotatable bonds is 5. The van der Waals surface area contributed by atoms with E-state index in [1.54, 1.807) is 24.1 Å². The molecule has 0 aromatic heterocycles. The standard InChI is InChI=1S/C16H19N3O4S/c1-23-12-4-2-11(3-5-12)19-8-7-18(16(19)22)10-14(20)17-13-6-9-24-15(13)21/h2-5,13H,6-10H2,1H3,(H,17,20). The average molecular weight is 349 g/mol. The van der Waals surface area contributed by atoms with Crippen LogP contribution in [0.25, 0.3) is 0 Å². The lowest BCUT2D eigenvalue weighted by molar-refractivity contribution is -0.124. The Morgan fingerprint density at radius 2 is 2.04 bits per heavy atom. The van der Waals surface area contributed by atoms with Gasteiger partial charge in [0.25, 0.3) is 0 Å². The van der Waals surface area contributed by atoms with Gasteiger partial charge < -0.3 is 15.0 Å². The van der Waals surface area contributed by atoms with Crippen molar-refractivity contribution in [3.8, 4) is 5.75 Å². The number of anilines is 1. The first-order valence-corrected chi connectivity index (χ1v) is 8.73. The van der Waals surface area contributed by atoms with Crippen LogP contribution in [-0.2, 0) is 9.59 Å². The van der Waals surface area contributed by atoms with E-state index in [0.29, 0.717) is 19.5 Å². The molecule has 1 N–H and O–H groups in total. The highest BCUT2D eigenvalue weighted by Crippen LogP contribution is 2.23. The number of hydrogen-bond acceptors (Lipinski definition) is 5. The molecule has 128 valence electrons. The number of carbonyl (C=O) groups excluding carboxylic acids is 3. The molecule has 2 saturated heterocycles. The monoisotopic (exact) mass is 349 g/mol. The first-order valence-electron chi connectivity index (χ1n) is 7.75. The van der Waals surface area contributed by atoms with Crippen molar-refractivity contribution >= 4 is 34.5 Å².